The van der Waals surface area contributed by atoms with Gasteiger partial charge in [-0.05, 0) is 45.1 Å². The topological polar surface area (TPSA) is 44.6 Å². The summed E-state index contributed by atoms with van der Waals surface area (Å²) in [7, 11) is 2.07. The Hall–Kier alpha value is -1.40. The van der Waals surface area contributed by atoms with Gasteiger partial charge in [-0.25, -0.2) is 4.98 Å². The van der Waals surface area contributed by atoms with Crippen molar-refractivity contribution in [3.05, 3.63) is 18.2 Å². The molecular weight excluding hydrogens is 326 g/mol. The predicted octanol–water partition coefficient (Wildman–Crippen LogP) is 1.72. The fourth-order valence-electron chi connectivity index (χ4n) is 4.93. The number of rotatable bonds is 4. The molecule has 0 N–H and O–H groups in total. The number of aryl methyl sites for hydroxylation is 1. The zero-order valence-electron chi connectivity index (χ0n) is 16.1. The van der Waals surface area contributed by atoms with Gasteiger partial charge in [0.25, 0.3) is 0 Å². The third-order valence-electron chi connectivity index (χ3n) is 6.58. The number of hydrogen-bond donors (Lipinski definition) is 0. The van der Waals surface area contributed by atoms with Crippen molar-refractivity contribution in [2.45, 2.75) is 51.1 Å². The van der Waals surface area contributed by atoms with Gasteiger partial charge < -0.3 is 9.47 Å². The molecule has 1 aromatic heterocycles. The van der Waals surface area contributed by atoms with Crippen molar-refractivity contribution in [3.8, 4) is 0 Å². The second kappa shape index (κ2) is 8.09. The average molecular weight is 360 g/mol. The number of carbonyl (C=O) groups excluding carboxylic acids is 1. The molecule has 3 aliphatic heterocycles. The zero-order valence-corrected chi connectivity index (χ0v) is 16.1. The molecule has 1 atom stereocenters. The molecule has 0 radical (unpaired) electrons. The van der Waals surface area contributed by atoms with Gasteiger partial charge in [-0.1, -0.05) is 0 Å². The van der Waals surface area contributed by atoms with E-state index in [1.807, 2.05) is 12.4 Å². The Kier molecular flexibility index (Phi) is 5.60. The summed E-state index contributed by atoms with van der Waals surface area (Å²) >= 11 is 0. The van der Waals surface area contributed by atoms with Gasteiger partial charge in [0.05, 0.1) is 12.5 Å². The van der Waals surface area contributed by atoms with Gasteiger partial charge in [-0.3, -0.25) is 14.6 Å². The lowest BCUT2D eigenvalue weighted by atomic mass is 9.93. The molecule has 4 rings (SSSR count). The minimum atomic E-state index is 0.243. The summed E-state index contributed by atoms with van der Waals surface area (Å²) in [5.74, 6) is 1.82. The van der Waals surface area contributed by atoms with E-state index in [1.165, 1.54) is 38.6 Å². The largest absolute Gasteiger partial charge is 0.342 e. The van der Waals surface area contributed by atoms with Crippen LogP contribution in [0, 0.1) is 5.92 Å². The fourth-order valence-corrected chi connectivity index (χ4v) is 4.93. The summed E-state index contributed by atoms with van der Waals surface area (Å²) in [5, 5.41) is 0. The van der Waals surface area contributed by atoms with Gasteiger partial charge in [0, 0.05) is 58.2 Å². The minimum absolute atomic E-state index is 0.243. The van der Waals surface area contributed by atoms with Gasteiger partial charge in [0.1, 0.15) is 5.82 Å². The summed E-state index contributed by atoms with van der Waals surface area (Å²) in [5.41, 5.74) is 0. The van der Waals surface area contributed by atoms with E-state index in [1.54, 1.807) is 0 Å². The van der Waals surface area contributed by atoms with Crippen LogP contribution in [0.4, 0.5) is 0 Å². The predicted molar refractivity (Wildman–Crippen MR) is 102 cm³/mol. The lowest BCUT2D eigenvalue weighted by molar-refractivity contribution is -0.136. The lowest BCUT2D eigenvalue weighted by Crippen LogP contribution is -2.51. The van der Waals surface area contributed by atoms with Crippen LogP contribution in [0.1, 0.15) is 44.3 Å². The Morgan fingerprint density at radius 3 is 2.54 bits per heavy atom. The smallest absolute Gasteiger partial charge is 0.226 e. The first-order chi connectivity index (χ1) is 12.7. The maximum absolute atomic E-state index is 12.8. The Morgan fingerprint density at radius 1 is 1.08 bits per heavy atom. The Labute approximate surface area is 157 Å². The molecule has 1 amide bonds. The molecule has 0 spiro atoms. The van der Waals surface area contributed by atoms with Crippen LogP contribution in [0.2, 0.25) is 0 Å². The normalized spacial score (nSPS) is 26.5. The first-order valence-corrected chi connectivity index (χ1v) is 10.4. The van der Waals surface area contributed by atoms with E-state index in [-0.39, 0.29) is 5.92 Å². The van der Waals surface area contributed by atoms with E-state index in [2.05, 4.69) is 31.3 Å². The molecule has 4 heterocycles. The number of carbonyl (C=O) groups is 1. The quantitative estimate of drug-likeness (QED) is 0.821. The van der Waals surface area contributed by atoms with Gasteiger partial charge in [0.2, 0.25) is 5.91 Å². The maximum Gasteiger partial charge on any atom is 0.226 e. The van der Waals surface area contributed by atoms with Crippen LogP contribution in [0.25, 0.3) is 0 Å². The summed E-state index contributed by atoms with van der Waals surface area (Å²) in [6.07, 6.45) is 11.0. The molecule has 6 nitrogen and oxygen atoms in total. The van der Waals surface area contributed by atoms with Crippen molar-refractivity contribution in [2.24, 2.45) is 13.0 Å². The number of hydrogen-bond acceptors (Lipinski definition) is 4. The Balaban J connectivity index is 1.27. The molecule has 144 valence electrons. The lowest BCUT2D eigenvalue weighted by Gasteiger charge is -2.42. The second-order valence-corrected chi connectivity index (χ2v) is 8.33. The molecule has 3 saturated heterocycles. The van der Waals surface area contributed by atoms with Crippen LogP contribution < -0.4 is 0 Å². The zero-order chi connectivity index (χ0) is 17.9. The molecular formula is C20H33N5O. The van der Waals surface area contributed by atoms with Crippen molar-refractivity contribution >= 4 is 5.91 Å². The first-order valence-electron chi connectivity index (χ1n) is 10.4. The van der Waals surface area contributed by atoms with E-state index in [0.717, 1.165) is 51.5 Å². The number of nitrogens with zero attached hydrogens (tertiary/aromatic N) is 5. The molecule has 0 bridgehead atoms. The van der Waals surface area contributed by atoms with Crippen LogP contribution in [-0.2, 0) is 18.4 Å². The monoisotopic (exact) mass is 359 g/mol. The van der Waals surface area contributed by atoms with Crippen LogP contribution in [-0.4, -0.2) is 75.5 Å². The van der Waals surface area contributed by atoms with Crippen molar-refractivity contribution in [1.29, 1.82) is 0 Å². The molecule has 0 saturated carbocycles. The van der Waals surface area contributed by atoms with E-state index >= 15 is 0 Å². The van der Waals surface area contributed by atoms with Gasteiger partial charge >= 0.3 is 0 Å². The number of piperidine rings is 2. The third kappa shape index (κ3) is 3.96. The van der Waals surface area contributed by atoms with Gasteiger partial charge in [-0.15, -0.1) is 0 Å². The number of amides is 1. The van der Waals surface area contributed by atoms with Crippen LogP contribution in [0.15, 0.2) is 12.4 Å². The molecule has 3 aliphatic rings. The van der Waals surface area contributed by atoms with Crippen LogP contribution in [0.5, 0.6) is 0 Å². The van der Waals surface area contributed by atoms with Gasteiger partial charge in [0.15, 0.2) is 0 Å². The molecule has 0 unspecified atom stereocenters. The Morgan fingerprint density at radius 2 is 1.85 bits per heavy atom. The van der Waals surface area contributed by atoms with Crippen molar-refractivity contribution in [2.75, 3.05) is 39.3 Å². The average Bonchev–Trinajstić information content (AvgIpc) is 3.34. The molecule has 3 fully saturated rings. The standard InChI is InChI=1S/C20H33N5O/c1-22-14-8-21-19(22)16-23-12-6-18(7-13-23)25-11-4-5-17(15-25)20(26)24-9-2-3-10-24/h8,14,17-18H,2-7,9-13,15-16H2,1H3/t17-/m1/s1. The van der Waals surface area contributed by atoms with Crippen molar-refractivity contribution in [3.63, 3.8) is 0 Å². The number of aromatic nitrogens is 2. The van der Waals surface area contributed by atoms with Crippen LogP contribution in [0.3, 0.4) is 0 Å². The second-order valence-electron chi connectivity index (χ2n) is 8.33. The van der Waals surface area contributed by atoms with Gasteiger partial charge in [-0.2, -0.15) is 0 Å². The first kappa shape index (κ1) is 18.0. The van der Waals surface area contributed by atoms with E-state index in [4.69, 9.17) is 0 Å². The highest BCUT2D eigenvalue weighted by molar-refractivity contribution is 5.79. The summed E-state index contributed by atoms with van der Waals surface area (Å²) in [4.78, 5) is 24.5. The van der Waals surface area contributed by atoms with Crippen molar-refractivity contribution < 1.29 is 4.79 Å². The highest BCUT2D eigenvalue weighted by Gasteiger charge is 2.34. The fraction of sp³-hybridized carbons (Fsp3) is 0.800. The summed E-state index contributed by atoms with van der Waals surface area (Å²) in [6, 6.07) is 0.654. The molecule has 0 aliphatic carbocycles. The van der Waals surface area contributed by atoms with Crippen molar-refractivity contribution in [1.82, 2.24) is 24.3 Å². The number of imidazole rings is 1. The third-order valence-corrected chi connectivity index (χ3v) is 6.58. The molecule has 26 heavy (non-hydrogen) atoms. The highest BCUT2D eigenvalue weighted by Crippen LogP contribution is 2.26. The molecule has 0 aromatic carbocycles. The van der Waals surface area contributed by atoms with E-state index in [0.29, 0.717) is 11.9 Å². The van der Waals surface area contributed by atoms with Crippen LogP contribution >= 0.6 is 0 Å². The summed E-state index contributed by atoms with van der Waals surface area (Å²) in [6.45, 7) is 7.36. The Bertz CT molecular complexity index is 601. The minimum Gasteiger partial charge on any atom is -0.342 e. The maximum atomic E-state index is 12.8. The SMILES string of the molecule is Cn1ccnc1CN1CCC(N2CCC[C@@H](C(=O)N3CCCC3)C2)CC1. The number of likely N-dealkylation sites (tertiary alicyclic amines) is 3. The van der Waals surface area contributed by atoms with E-state index in [9.17, 15) is 4.79 Å². The molecule has 1 aromatic rings. The summed E-state index contributed by atoms with van der Waals surface area (Å²) < 4.78 is 2.12. The molecule has 6 heteroatoms. The van der Waals surface area contributed by atoms with E-state index < -0.39 is 0 Å². The highest BCUT2D eigenvalue weighted by atomic mass is 16.2.